The lowest BCUT2D eigenvalue weighted by Gasteiger charge is -2.08. The summed E-state index contributed by atoms with van der Waals surface area (Å²) in [5.41, 5.74) is 0.183. The van der Waals surface area contributed by atoms with Crippen LogP contribution in [0.5, 0.6) is 0 Å². The molecule has 7 heteroatoms. The van der Waals surface area contributed by atoms with Gasteiger partial charge in [0.2, 0.25) is 0 Å². The Morgan fingerprint density at radius 3 is 1.90 bits per heavy atom. The fourth-order valence-electron chi connectivity index (χ4n) is 3.41. The molecule has 2 N–H and O–H groups in total. The van der Waals surface area contributed by atoms with Gasteiger partial charge in [-0.05, 0) is 18.6 Å². The number of hydrogen-bond donors (Lipinski definition) is 2. The monoisotopic (exact) mass is 459 g/mol. The molecule has 4 nitrogen and oxygen atoms in total. The molecule has 0 fully saturated rings. The Morgan fingerprint density at radius 2 is 1.34 bits per heavy atom. The number of H-pyrrole nitrogens is 1. The average Bonchev–Trinajstić information content (AvgIpc) is 3.02. The average molecular weight is 461 g/mol. The molecule has 0 saturated heterocycles. The molecule has 0 radical (unpaired) electrons. The highest BCUT2D eigenvalue weighted by Crippen LogP contribution is 2.31. The first-order valence-electron chi connectivity index (χ1n) is 10.7. The number of unbranched alkanes of at least 4 members (excludes halogenated alkanes) is 10. The van der Waals surface area contributed by atoms with Gasteiger partial charge in [0.1, 0.15) is 11.5 Å². The minimum absolute atomic E-state index is 0.224. The summed E-state index contributed by atoms with van der Waals surface area (Å²) in [6.07, 6.45) is 14.4. The van der Waals surface area contributed by atoms with Gasteiger partial charge >= 0.3 is 0 Å². The molecule has 0 aliphatic carbocycles. The van der Waals surface area contributed by atoms with E-state index in [4.69, 9.17) is 34.8 Å². The van der Waals surface area contributed by atoms with E-state index in [1.165, 1.54) is 75.0 Å². The van der Waals surface area contributed by atoms with Crippen LogP contribution in [0.3, 0.4) is 0 Å². The van der Waals surface area contributed by atoms with Crippen LogP contribution in [0.15, 0.2) is 23.0 Å². The molecular weight excluding hydrogens is 429 g/mol. The van der Waals surface area contributed by atoms with Crippen LogP contribution in [0.2, 0.25) is 15.1 Å². The summed E-state index contributed by atoms with van der Waals surface area (Å²) < 4.78 is 1.34. The summed E-state index contributed by atoms with van der Waals surface area (Å²) in [7, 11) is 0. The molecule has 2 aromatic rings. The Labute approximate surface area is 188 Å². The Hall–Kier alpha value is -1.10. The lowest BCUT2D eigenvalue weighted by atomic mass is 10.1. The topological polar surface area (TPSA) is 49.8 Å². The summed E-state index contributed by atoms with van der Waals surface area (Å²) in [5, 5.41) is 7.36. The number of anilines is 1. The first-order chi connectivity index (χ1) is 14.0. The van der Waals surface area contributed by atoms with Gasteiger partial charge in [-0.2, -0.15) is 0 Å². The van der Waals surface area contributed by atoms with E-state index < -0.39 is 0 Å². The minimum atomic E-state index is -0.224. The molecule has 29 heavy (non-hydrogen) atoms. The predicted molar refractivity (Wildman–Crippen MR) is 126 cm³/mol. The number of halogens is 3. The molecule has 0 unspecified atom stereocenters. The Kier molecular flexibility index (Phi) is 11.0. The van der Waals surface area contributed by atoms with Gasteiger partial charge in [0, 0.05) is 17.6 Å². The smallest absolute Gasteiger partial charge is 0.273 e. The van der Waals surface area contributed by atoms with Crippen molar-refractivity contribution in [1.82, 2.24) is 9.78 Å². The van der Waals surface area contributed by atoms with Crippen molar-refractivity contribution in [3.05, 3.63) is 43.6 Å². The van der Waals surface area contributed by atoms with Crippen molar-refractivity contribution < 1.29 is 0 Å². The van der Waals surface area contributed by atoms with Crippen LogP contribution in [0.4, 0.5) is 5.82 Å². The van der Waals surface area contributed by atoms with E-state index in [2.05, 4.69) is 17.3 Å². The Morgan fingerprint density at radius 1 is 0.828 bits per heavy atom. The van der Waals surface area contributed by atoms with Crippen molar-refractivity contribution in [3.63, 3.8) is 0 Å². The molecule has 0 spiro atoms. The molecule has 1 aromatic carbocycles. The van der Waals surface area contributed by atoms with Crippen LogP contribution in [0.25, 0.3) is 5.69 Å². The van der Waals surface area contributed by atoms with Gasteiger partial charge in [-0.15, -0.1) is 0 Å². The number of nitrogens with one attached hydrogen (secondary N) is 2. The zero-order valence-electron chi connectivity index (χ0n) is 17.2. The highest BCUT2D eigenvalue weighted by atomic mass is 35.5. The fourth-order valence-corrected chi connectivity index (χ4v) is 4.40. The van der Waals surface area contributed by atoms with Gasteiger partial charge in [0.15, 0.2) is 0 Å². The zero-order chi connectivity index (χ0) is 21.1. The third kappa shape index (κ3) is 8.27. The van der Waals surface area contributed by atoms with Crippen molar-refractivity contribution in [3.8, 4) is 5.69 Å². The number of aromatic amines is 1. The van der Waals surface area contributed by atoms with Crippen LogP contribution in [-0.4, -0.2) is 16.3 Å². The lowest BCUT2D eigenvalue weighted by Crippen LogP contribution is -2.14. The molecule has 0 bridgehead atoms. The normalized spacial score (nSPS) is 11.2. The van der Waals surface area contributed by atoms with Gasteiger partial charge in [0.05, 0.1) is 10.0 Å². The van der Waals surface area contributed by atoms with E-state index in [0.717, 1.165) is 13.0 Å². The maximum Gasteiger partial charge on any atom is 0.273 e. The summed E-state index contributed by atoms with van der Waals surface area (Å²) in [4.78, 5) is 12.3. The van der Waals surface area contributed by atoms with E-state index in [1.54, 1.807) is 12.1 Å². The minimum Gasteiger partial charge on any atom is -0.370 e. The van der Waals surface area contributed by atoms with E-state index in [9.17, 15) is 4.79 Å². The van der Waals surface area contributed by atoms with Gasteiger partial charge in [0.25, 0.3) is 5.56 Å². The predicted octanol–water partition coefficient (Wildman–Crippen LogP) is 7.85. The van der Waals surface area contributed by atoms with Crippen molar-refractivity contribution in [2.75, 3.05) is 11.9 Å². The van der Waals surface area contributed by atoms with Crippen LogP contribution in [-0.2, 0) is 0 Å². The quantitative estimate of drug-likeness (QED) is 0.282. The number of benzene rings is 1. The lowest BCUT2D eigenvalue weighted by molar-refractivity contribution is 0.552. The van der Waals surface area contributed by atoms with Crippen LogP contribution in [0.1, 0.15) is 77.6 Å². The molecule has 0 amide bonds. The Balaban J connectivity index is 1.66. The van der Waals surface area contributed by atoms with E-state index in [0.29, 0.717) is 26.6 Å². The molecule has 0 atom stereocenters. The molecule has 0 aliphatic rings. The number of rotatable bonds is 14. The first-order valence-corrected chi connectivity index (χ1v) is 11.9. The molecule has 0 saturated carbocycles. The molecule has 162 valence electrons. The molecule has 2 rings (SSSR count). The molecule has 1 aromatic heterocycles. The second kappa shape index (κ2) is 13.3. The number of aromatic nitrogens is 2. The van der Waals surface area contributed by atoms with Crippen LogP contribution < -0.4 is 10.9 Å². The molecule has 1 heterocycles. The first kappa shape index (κ1) is 24.2. The molecule has 0 aliphatic heterocycles. The largest absolute Gasteiger partial charge is 0.370 e. The van der Waals surface area contributed by atoms with Crippen LogP contribution >= 0.6 is 34.8 Å². The zero-order valence-corrected chi connectivity index (χ0v) is 19.5. The van der Waals surface area contributed by atoms with Crippen molar-refractivity contribution in [1.29, 1.82) is 0 Å². The third-order valence-electron chi connectivity index (χ3n) is 5.02. The number of nitrogens with zero attached hydrogens (tertiary/aromatic N) is 1. The highest BCUT2D eigenvalue weighted by molar-refractivity contribution is 6.40. The van der Waals surface area contributed by atoms with Gasteiger partial charge in [-0.25, -0.2) is 4.68 Å². The standard InChI is InChI=1S/C22H32Cl3N3O/c1-2-3-4-5-6-7-8-9-10-11-12-13-26-20-16-21(29)28(27-20)22-18(24)14-17(23)15-19(22)25/h14-16,26-27H,2-13H2,1H3. The van der Waals surface area contributed by atoms with Crippen molar-refractivity contribution >= 4 is 40.6 Å². The highest BCUT2D eigenvalue weighted by Gasteiger charge is 2.13. The summed E-state index contributed by atoms with van der Waals surface area (Å²) >= 11 is 18.4. The summed E-state index contributed by atoms with van der Waals surface area (Å²) in [6.45, 7) is 3.08. The SMILES string of the molecule is CCCCCCCCCCCCCNc1cc(=O)n(-c2c(Cl)cc(Cl)cc2Cl)[nH]1. The molecular formula is C22H32Cl3N3O. The van der Waals surface area contributed by atoms with Crippen molar-refractivity contribution in [2.45, 2.75) is 77.6 Å². The summed E-state index contributed by atoms with van der Waals surface area (Å²) in [5.74, 6) is 0.657. The third-order valence-corrected chi connectivity index (χ3v) is 5.82. The fraction of sp³-hybridized carbons (Fsp3) is 0.591. The van der Waals surface area contributed by atoms with E-state index >= 15 is 0 Å². The van der Waals surface area contributed by atoms with E-state index in [-0.39, 0.29) is 5.56 Å². The van der Waals surface area contributed by atoms with E-state index in [1.807, 2.05) is 0 Å². The van der Waals surface area contributed by atoms with Gasteiger partial charge < -0.3 is 5.32 Å². The Bertz CT molecular complexity index is 778. The number of hydrogen-bond acceptors (Lipinski definition) is 2. The van der Waals surface area contributed by atoms with Crippen molar-refractivity contribution in [2.24, 2.45) is 0 Å². The maximum absolute atomic E-state index is 12.3. The maximum atomic E-state index is 12.3. The second-order valence-corrected chi connectivity index (χ2v) is 8.77. The second-order valence-electron chi connectivity index (χ2n) is 7.52. The van der Waals surface area contributed by atoms with Crippen LogP contribution in [0, 0.1) is 0 Å². The summed E-state index contributed by atoms with van der Waals surface area (Å²) in [6, 6.07) is 4.64. The van der Waals surface area contributed by atoms with Gasteiger partial charge in [-0.3, -0.25) is 9.89 Å². The van der Waals surface area contributed by atoms with Gasteiger partial charge in [-0.1, -0.05) is 106 Å².